The van der Waals surface area contributed by atoms with Gasteiger partial charge in [0.25, 0.3) is 5.56 Å². The Bertz CT molecular complexity index is 688. The largest absolute Gasteiger partial charge is 0.351 e. The SMILES string of the molecule is Cc1cc(C)c(CNC(=O)Cc2csc(C)n2)c(=O)[nH]1. The van der Waals surface area contributed by atoms with Gasteiger partial charge in [0.1, 0.15) is 0 Å². The van der Waals surface area contributed by atoms with E-state index in [-0.39, 0.29) is 24.4 Å². The van der Waals surface area contributed by atoms with Gasteiger partial charge < -0.3 is 10.3 Å². The first-order valence-electron chi connectivity index (χ1n) is 6.33. The van der Waals surface area contributed by atoms with Gasteiger partial charge in [0.2, 0.25) is 5.91 Å². The Hall–Kier alpha value is -1.95. The van der Waals surface area contributed by atoms with Gasteiger partial charge in [0, 0.05) is 23.2 Å². The Morgan fingerprint density at radius 2 is 2.15 bits per heavy atom. The minimum absolute atomic E-state index is 0.130. The predicted molar refractivity (Wildman–Crippen MR) is 78.9 cm³/mol. The zero-order chi connectivity index (χ0) is 14.7. The molecule has 0 aromatic carbocycles. The maximum absolute atomic E-state index is 11.8. The fraction of sp³-hybridized carbons (Fsp3) is 0.357. The van der Waals surface area contributed by atoms with E-state index in [1.165, 1.54) is 11.3 Å². The molecule has 5 nitrogen and oxygen atoms in total. The van der Waals surface area contributed by atoms with Crippen molar-refractivity contribution in [1.82, 2.24) is 15.3 Å². The maximum atomic E-state index is 11.8. The van der Waals surface area contributed by atoms with Gasteiger partial charge in [-0.15, -0.1) is 11.3 Å². The van der Waals surface area contributed by atoms with Crippen LogP contribution in [0.5, 0.6) is 0 Å². The fourth-order valence-corrected chi connectivity index (χ4v) is 2.62. The highest BCUT2D eigenvalue weighted by molar-refractivity contribution is 7.09. The van der Waals surface area contributed by atoms with Crippen molar-refractivity contribution >= 4 is 17.2 Å². The molecule has 0 spiro atoms. The predicted octanol–water partition coefficient (Wildman–Crippen LogP) is 1.62. The van der Waals surface area contributed by atoms with Crippen LogP contribution in [0.3, 0.4) is 0 Å². The first kappa shape index (κ1) is 14.5. The Balaban J connectivity index is 1.99. The first-order valence-corrected chi connectivity index (χ1v) is 7.21. The number of nitrogens with one attached hydrogen (secondary N) is 2. The summed E-state index contributed by atoms with van der Waals surface area (Å²) in [7, 11) is 0. The summed E-state index contributed by atoms with van der Waals surface area (Å²) in [4.78, 5) is 30.6. The molecule has 20 heavy (non-hydrogen) atoms. The molecule has 0 unspecified atom stereocenters. The fourth-order valence-electron chi connectivity index (χ4n) is 2.00. The number of hydrogen-bond donors (Lipinski definition) is 2. The molecule has 0 saturated carbocycles. The van der Waals surface area contributed by atoms with Gasteiger partial charge in [-0.05, 0) is 32.4 Å². The van der Waals surface area contributed by atoms with Crippen LogP contribution in [0, 0.1) is 20.8 Å². The van der Waals surface area contributed by atoms with Gasteiger partial charge in [-0.2, -0.15) is 0 Å². The summed E-state index contributed by atoms with van der Waals surface area (Å²) in [5.41, 5.74) is 2.92. The van der Waals surface area contributed by atoms with Gasteiger partial charge in [-0.25, -0.2) is 4.98 Å². The number of rotatable bonds is 4. The summed E-state index contributed by atoms with van der Waals surface area (Å²) >= 11 is 1.52. The third-order valence-electron chi connectivity index (χ3n) is 2.96. The van der Waals surface area contributed by atoms with Crippen LogP contribution >= 0.6 is 11.3 Å². The molecular weight excluding hydrogens is 274 g/mol. The van der Waals surface area contributed by atoms with Crippen molar-refractivity contribution in [3.8, 4) is 0 Å². The Labute approximate surface area is 121 Å². The van der Waals surface area contributed by atoms with E-state index in [0.29, 0.717) is 5.56 Å². The molecule has 6 heteroatoms. The Morgan fingerprint density at radius 1 is 1.40 bits per heavy atom. The van der Waals surface area contributed by atoms with Crippen LogP contribution in [-0.4, -0.2) is 15.9 Å². The molecule has 2 rings (SSSR count). The van der Waals surface area contributed by atoms with E-state index in [4.69, 9.17) is 0 Å². The maximum Gasteiger partial charge on any atom is 0.253 e. The highest BCUT2D eigenvalue weighted by atomic mass is 32.1. The summed E-state index contributed by atoms with van der Waals surface area (Å²) in [6.07, 6.45) is 0.243. The summed E-state index contributed by atoms with van der Waals surface area (Å²) in [5.74, 6) is -0.130. The molecule has 106 valence electrons. The van der Waals surface area contributed by atoms with E-state index in [9.17, 15) is 9.59 Å². The van der Waals surface area contributed by atoms with Crippen LogP contribution in [-0.2, 0) is 17.8 Å². The summed E-state index contributed by atoms with van der Waals surface area (Å²) in [5, 5.41) is 5.58. The summed E-state index contributed by atoms with van der Waals surface area (Å²) in [6, 6.07) is 1.90. The number of carbonyl (C=O) groups excluding carboxylic acids is 1. The molecular formula is C14H17N3O2S. The van der Waals surface area contributed by atoms with Crippen molar-refractivity contribution in [1.29, 1.82) is 0 Å². The second-order valence-corrected chi connectivity index (χ2v) is 5.82. The average molecular weight is 291 g/mol. The van der Waals surface area contributed by atoms with Gasteiger partial charge in [0.15, 0.2) is 0 Å². The Kier molecular flexibility index (Phi) is 4.34. The minimum Gasteiger partial charge on any atom is -0.351 e. The monoisotopic (exact) mass is 291 g/mol. The highest BCUT2D eigenvalue weighted by Crippen LogP contribution is 2.08. The molecule has 2 aromatic heterocycles. The van der Waals surface area contributed by atoms with Crippen molar-refractivity contribution in [2.75, 3.05) is 0 Å². The third-order valence-corrected chi connectivity index (χ3v) is 3.79. The lowest BCUT2D eigenvalue weighted by Crippen LogP contribution is -2.29. The van der Waals surface area contributed by atoms with Gasteiger partial charge in [-0.1, -0.05) is 0 Å². The van der Waals surface area contributed by atoms with E-state index in [0.717, 1.165) is 22.0 Å². The molecule has 0 aliphatic heterocycles. The lowest BCUT2D eigenvalue weighted by Gasteiger charge is -2.07. The standard InChI is InChI=1S/C14H17N3O2S/c1-8-4-9(2)16-14(19)12(8)6-15-13(18)5-11-7-20-10(3)17-11/h4,7H,5-6H2,1-3H3,(H,15,18)(H,16,19). The number of aromatic nitrogens is 2. The number of nitrogens with zero attached hydrogens (tertiary/aromatic N) is 1. The second-order valence-electron chi connectivity index (χ2n) is 4.75. The van der Waals surface area contributed by atoms with Crippen LogP contribution < -0.4 is 10.9 Å². The molecule has 2 aromatic rings. The van der Waals surface area contributed by atoms with E-state index < -0.39 is 0 Å². The van der Waals surface area contributed by atoms with Crippen LogP contribution in [0.2, 0.25) is 0 Å². The van der Waals surface area contributed by atoms with E-state index >= 15 is 0 Å². The third kappa shape index (κ3) is 3.54. The molecule has 0 fully saturated rings. The number of pyridine rings is 1. The summed E-state index contributed by atoms with van der Waals surface area (Å²) in [6.45, 7) is 5.85. The van der Waals surface area contributed by atoms with Crippen LogP contribution in [0.25, 0.3) is 0 Å². The highest BCUT2D eigenvalue weighted by Gasteiger charge is 2.09. The van der Waals surface area contributed by atoms with E-state index in [2.05, 4.69) is 15.3 Å². The first-order chi connectivity index (χ1) is 9.45. The normalized spacial score (nSPS) is 10.6. The van der Waals surface area contributed by atoms with Crippen molar-refractivity contribution < 1.29 is 4.79 Å². The molecule has 0 bridgehead atoms. The molecule has 0 saturated heterocycles. The number of thiazole rings is 1. The zero-order valence-corrected chi connectivity index (χ0v) is 12.6. The Morgan fingerprint density at radius 3 is 2.75 bits per heavy atom. The number of hydrogen-bond acceptors (Lipinski definition) is 4. The van der Waals surface area contributed by atoms with Crippen molar-refractivity contribution in [2.24, 2.45) is 0 Å². The topological polar surface area (TPSA) is 74.8 Å². The van der Waals surface area contributed by atoms with Gasteiger partial charge in [0.05, 0.1) is 17.1 Å². The van der Waals surface area contributed by atoms with Crippen LogP contribution in [0.15, 0.2) is 16.2 Å². The smallest absolute Gasteiger partial charge is 0.253 e. The average Bonchev–Trinajstić information content (AvgIpc) is 2.73. The van der Waals surface area contributed by atoms with Crippen molar-refractivity contribution in [3.05, 3.63) is 49.3 Å². The zero-order valence-electron chi connectivity index (χ0n) is 11.7. The number of aryl methyl sites for hydroxylation is 3. The number of H-pyrrole nitrogens is 1. The van der Waals surface area contributed by atoms with Crippen LogP contribution in [0.4, 0.5) is 0 Å². The number of carbonyl (C=O) groups is 1. The number of amides is 1. The molecule has 0 aliphatic rings. The van der Waals surface area contributed by atoms with Crippen molar-refractivity contribution in [2.45, 2.75) is 33.7 Å². The molecule has 0 radical (unpaired) electrons. The lowest BCUT2D eigenvalue weighted by molar-refractivity contribution is -0.120. The molecule has 0 atom stereocenters. The minimum atomic E-state index is -0.146. The second kappa shape index (κ2) is 6.00. The lowest BCUT2D eigenvalue weighted by atomic mass is 10.1. The van der Waals surface area contributed by atoms with Crippen molar-refractivity contribution in [3.63, 3.8) is 0 Å². The van der Waals surface area contributed by atoms with E-state index in [1.54, 1.807) is 0 Å². The summed E-state index contributed by atoms with van der Waals surface area (Å²) < 4.78 is 0. The molecule has 0 aliphatic carbocycles. The molecule has 2 heterocycles. The molecule has 1 amide bonds. The molecule has 2 N–H and O–H groups in total. The van der Waals surface area contributed by atoms with Gasteiger partial charge in [-0.3, -0.25) is 9.59 Å². The quantitative estimate of drug-likeness (QED) is 0.898. The number of aromatic amines is 1. The van der Waals surface area contributed by atoms with Gasteiger partial charge >= 0.3 is 0 Å². The van der Waals surface area contributed by atoms with E-state index in [1.807, 2.05) is 32.2 Å². The van der Waals surface area contributed by atoms with Crippen LogP contribution in [0.1, 0.15) is 27.5 Å².